The van der Waals surface area contributed by atoms with Crippen LogP contribution in [0, 0.1) is 0 Å². The molecule has 1 rings (SSSR count). The lowest BCUT2D eigenvalue weighted by Crippen LogP contribution is -1.95. The number of hydrogen-bond donors (Lipinski definition) is 1. The topological polar surface area (TPSA) is 37.8 Å². The van der Waals surface area contributed by atoms with E-state index in [0.29, 0.717) is 0 Å². The van der Waals surface area contributed by atoms with E-state index in [0.717, 1.165) is 17.9 Å². The molecule has 0 radical (unpaired) electrons. The Balaban J connectivity index is 0.000000561. The first kappa shape index (κ1) is 10.9. The van der Waals surface area contributed by atoms with Gasteiger partial charge in [0.05, 0.1) is 0 Å². The van der Waals surface area contributed by atoms with E-state index in [4.69, 9.17) is 0 Å². The molecule has 0 amide bonds. The van der Waals surface area contributed by atoms with Crippen molar-refractivity contribution in [3.8, 4) is 0 Å². The smallest absolute Gasteiger partial charge is 0.129 e. The third-order valence-corrected chi connectivity index (χ3v) is 1.34. The minimum absolute atomic E-state index is 0.881. The van der Waals surface area contributed by atoms with Crippen molar-refractivity contribution in [1.29, 1.82) is 0 Å². The molecule has 3 nitrogen and oxygen atoms in total. The number of aryl methyl sites for hydroxylation is 1. The highest BCUT2D eigenvalue weighted by Crippen LogP contribution is 2.01. The molecule has 1 aromatic heterocycles. The van der Waals surface area contributed by atoms with Crippen LogP contribution in [0.4, 0.5) is 5.82 Å². The Morgan fingerprint density at radius 1 is 1.33 bits per heavy atom. The molecular weight excluding hydrogens is 150 g/mol. The minimum atomic E-state index is 0.881. The summed E-state index contributed by atoms with van der Waals surface area (Å²) in [7, 11) is 1.85. The number of rotatable bonds is 2. The second kappa shape index (κ2) is 6.58. The van der Waals surface area contributed by atoms with Gasteiger partial charge in [0.25, 0.3) is 0 Å². The highest BCUT2D eigenvalue weighted by molar-refractivity contribution is 5.33. The second-order valence-corrected chi connectivity index (χ2v) is 2.00. The van der Waals surface area contributed by atoms with Gasteiger partial charge in [-0.25, -0.2) is 9.97 Å². The molecule has 0 atom stereocenters. The molecule has 1 heterocycles. The van der Waals surface area contributed by atoms with E-state index in [1.807, 2.05) is 27.0 Å². The van der Waals surface area contributed by atoms with E-state index < -0.39 is 0 Å². The molecule has 1 N–H and O–H groups in total. The Hall–Kier alpha value is -1.12. The number of aromatic nitrogens is 2. The molecule has 0 aromatic carbocycles. The average Bonchev–Trinajstić information content (AvgIpc) is 2.21. The molecule has 0 saturated carbocycles. The first-order valence-electron chi connectivity index (χ1n) is 4.35. The molecule has 3 heteroatoms. The highest BCUT2D eigenvalue weighted by atomic mass is 15.0. The van der Waals surface area contributed by atoms with Crippen LogP contribution in [-0.4, -0.2) is 17.0 Å². The zero-order valence-corrected chi connectivity index (χ0v) is 8.26. The molecule has 1 aromatic rings. The molecular formula is C9H17N3. The third-order valence-electron chi connectivity index (χ3n) is 1.34. The van der Waals surface area contributed by atoms with Crippen molar-refractivity contribution in [2.45, 2.75) is 27.2 Å². The van der Waals surface area contributed by atoms with Crippen molar-refractivity contribution >= 4 is 5.82 Å². The van der Waals surface area contributed by atoms with Gasteiger partial charge in [-0.2, -0.15) is 0 Å². The van der Waals surface area contributed by atoms with Crippen LogP contribution in [0.2, 0.25) is 0 Å². The first-order valence-corrected chi connectivity index (χ1v) is 4.35. The van der Waals surface area contributed by atoms with Gasteiger partial charge in [0.15, 0.2) is 0 Å². The molecule has 0 aliphatic heterocycles. The van der Waals surface area contributed by atoms with E-state index in [1.54, 1.807) is 6.33 Å². The summed E-state index contributed by atoms with van der Waals surface area (Å²) in [5.41, 5.74) is 1.07. The normalized spacial score (nSPS) is 8.33. The van der Waals surface area contributed by atoms with Gasteiger partial charge >= 0.3 is 0 Å². The summed E-state index contributed by atoms with van der Waals surface area (Å²) in [4.78, 5) is 8.04. The summed E-state index contributed by atoms with van der Waals surface area (Å²) in [5.74, 6) is 0.881. The van der Waals surface area contributed by atoms with E-state index >= 15 is 0 Å². The molecule has 12 heavy (non-hydrogen) atoms. The van der Waals surface area contributed by atoms with Crippen molar-refractivity contribution in [3.05, 3.63) is 18.1 Å². The minimum Gasteiger partial charge on any atom is -0.373 e. The molecule has 0 aliphatic rings. The monoisotopic (exact) mass is 167 g/mol. The number of hydrogen-bond acceptors (Lipinski definition) is 3. The largest absolute Gasteiger partial charge is 0.373 e. The SMILES string of the molecule is CC.CCc1cc(NC)ncn1. The fourth-order valence-corrected chi connectivity index (χ4v) is 0.728. The molecule has 0 aliphatic carbocycles. The third kappa shape index (κ3) is 3.32. The summed E-state index contributed by atoms with van der Waals surface area (Å²) in [6.45, 7) is 6.07. The summed E-state index contributed by atoms with van der Waals surface area (Å²) < 4.78 is 0. The summed E-state index contributed by atoms with van der Waals surface area (Å²) in [5, 5.41) is 2.95. The van der Waals surface area contributed by atoms with Crippen LogP contribution >= 0.6 is 0 Å². The first-order chi connectivity index (χ1) is 5.86. The number of nitrogens with zero attached hydrogens (tertiary/aromatic N) is 2. The van der Waals surface area contributed by atoms with E-state index in [9.17, 15) is 0 Å². The van der Waals surface area contributed by atoms with E-state index in [2.05, 4.69) is 22.2 Å². The van der Waals surface area contributed by atoms with Crippen molar-refractivity contribution in [2.24, 2.45) is 0 Å². The van der Waals surface area contributed by atoms with Gasteiger partial charge in [-0.05, 0) is 6.42 Å². The van der Waals surface area contributed by atoms with Crippen LogP contribution in [0.1, 0.15) is 26.5 Å². The predicted octanol–water partition coefficient (Wildman–Crippen LogP) is 2.11. The lowest BCUT2D eigenvalue weighted by molar-refractivity contribution is 0.999. The van der Waals surface area contributed by atoms with Crippen LogP contribution in [0.3, 0.4) is 0 Å². The van der Waals surface area contributed by atoms with Gasteiger partial charge in [-0.1, -0.05) is 20.8 Å². The lowest BCUT2D eigenvalue weighted by atomic mass is 10.3. The fourth-order valence-electron chi connectivity index (χ4n) is 0.728. The maximum Gasteiger partial charge on any atom is 0.129 e. The van der Waals surface area contributed by atoms with Crippen molar-refractivity contribution in [2.75, 3.05) is 12.4 Å². The van der Waals surface area contributed by atoms with Crippen molar-refractivity contribution < 1.29 is 0 Å². The Labute approximate surface area is 74.3 Å². The molecule has 0 unspecified atom stereocenters. The zero-order chi connectivity index (χ0) is 9.40. The molecule has 0 saturated heterocycles. The molecule has 0 bridgehead atoms. The Bertz CT molecular complexity index is 191. The van der Waals surface area contributed by atoms with Crippen molar-refractivity contribution in [1.82, 2.24) is 9.97 Å². The fraction of sp³-hybridized carbons (Fsp3) is 0.556. The lowest BCUT2D eigenvalue weighted by Gasteiger charge is -1.98. The highest BCUT2D eigenvalue weighted by Gasteiger charge is 1.91. The quantitative estimate of drug-likeness (QED) is 0.733. The van der Waals surface area contributed by atoms with E-state index in [1.165, 1.54) is 0 Å². The van der Waals surface area contributed by atoms with Gasteiger partial charge in [0.1, 0.15) is 12.1 Å². The molecule has 0 fully saturated rings. The van der Waals surface area contributed by atoms with Gasteiger partial charge in [-0.3, -0.25) is 0 Å². The Kier molecular flexibility index (Phi) is 5.97. The van der Waals surface area contributed by atoms with Crippen LogP contribution < -0.4 is 5.32 Å². The predicted molar refractivity (Wildman–Crippen MR) is 52.3 cm³/mol. The standard InChI is InChI=1S/C7H11N3.C2H6/c1-3-6-4-7(8-2)10-5-9-6;1-2/h4-5H,3H2,1-2H3,(H,8,9,10);1-2H3. The van der Waals surface area contributed by atoms with E-state index in [-0.39, 0.29) is 0 Å². The maximum atomic E-state index is 4.05. The Morgan fingerprint density at radius 3 is 2.50 bits per heavy atom. The van der Waals surface area contributed by atoms with Gasteiger partial charge < -0.3 is 5.32 Å². The van der Waals surface area contributed by atoms with Crippen molar-refractivity contribution in [3.63, 3.8) is 0 Å². The summed E-state index contributed by atoms with van der Waals surface area (Å²) in [6, 6.07) is 1.94. The van der Waals surface area contributed by atoms with Crippen LogP contribution in [-0.2, 0) is 6.42 Å². The second-order valence-electron chi connectivity index (χ2n) is 2.00. The average molecular weight is 167 g/mol. The summed E-state index contributed by atoms with van der Waals surface area (Å²) >= 11 is 0. The van der Waals surface area contributed by atoms with Gasteiger partial charge in [0, 0.05) is 18.8 Å². The molecule has 0 spiro atoms. The molecule has 68 valence electrons. The van der Waals surface area contributed by atoms with Crippen LogP contribution in [0.5, 0.6) is 0 Å². The zero-order valence-electron chi connectivity index (χ0n) is 8.26. The maximum absolute atomic E-state index is 4.05. The summed E-state index contributed by atoms with van der Waals surface area (Å²) in [6.07, 6.45) is 2.53. The van der Waals surface area contributed by atoms with Gasteiger partial charge in [0.2, 0.25) is 0 Å². The van der Waals surface area contributed by atoms with Crippen LogP contribution in [0.15, 0.2) is 12.4 Å². The number of anilines is 1. The van der Waals surface area contributed by atoms with Crippen LogP contribution in [0.25, 0.3) is 0 Å². The Morgan fingerprint density at radius 2 is 2.00 bits per heavy atom. The van der Waals surface area contributed by atoms with Gasteiger partial charge in [-0.15, -0.1) is 0 Å². The number of nitrogens with one attached hydrogen (secondary N) is 1.